The van der Waals surface area contributed by atoms with E-state index in [9.17, 15) is 13.7 Å². The van der Waals surface area contributed by atoms with Crippen LogP contribution in [0.3, 0.4) is 0 Å². The summed E-state index contributed by atoms with van der Waals surface area (Å²) in [4.78, 5) is 1.39. The minimum absolute atomic E-state index is 0.252. The van der Waals surface area contributed by atoms with Gasteiger partial charge in [0.05, 0.1) is 10.5 Å². The van der Waals surface area contributed by atoms with Gasteiger partial charge < -0.3 is 0 Å². The lowest BCUT2D eigenvalue weighted by Gasteiger charge is -2.09. The van der Waals surface area contributed by atoms with E-state index in [0.717, 1.165) is 29.7 Å². The first-order chi connectivity index (χ1) is 10.0. The molecule has 3 rings (SSSR count). The molecule has 21 heavy (non-hydrogen) atoms. The summed E-state index contributed by atoms with van der Waals surface area (Å²) >= 11 is 1.39. The Kier molecular flexibility index (Phi) is 3.47. The van der Waals surface area contributed by atoms with E-state index in [1.54, 1.807) is 31.2 Å². The average molecular weight is 318 g/mol. The fourth-order valence-electron chi connectivity index (χ4n) is 2.63. The predicted octanol–water partition coefficient (Wildman–Crippen LogP) is 3.22. The van der Waals surface area contributed by atoms with Crippen molar-refractivity contribution in [2.45, 2.75) is 31.1 Å². The number of fused-ring (bicyclic) bond motifs is 1. The van der Waals surface area contributed by atoms with Gasteiger partial charge >= 0.3 is 0 Å². The van der Waals surface area contributed by atoms with Crippen LogP contribution in [-0.2, 0) is 22.9 Å². The first kappa shape index (κ1) is 14.1. The lowest BCUT2D eigenvalue weighted by molar-refractivity contribution is 0.600. The molecular weight excluding hydrogens is 304 g/mol. The van der Waals surface area contributed by atoms with Crippen molar-refractivity contribution in [3.05, 3.63) is 45.8 Å². The third-order valence-corrected chi connectivity index (χ3v) is 6.49. The molecule has 0 unspecified atom stereocenters. The maximum absolute atomic E-state index is 12.5. The Morgan fingerprint density at radius 2 is 2.05 bits per heavy atom. The van der Waals surface area contributed by atoms with Gasteiger partial charge in [0.15, 0.2) is 0 Å². The van der Waals surface area contributed by atoms with Gasteiger partial charge in [-0.15, -0.1) is 11.3 Å². The van der Waals surface area contributed by atoms with Crippen molar-refractivity contribution in [1.82, 2.24) is 0 Å². The fourth-order valence-corrected chi connectivity index (χ4v) is 5.42. The van der Waals surface area contributed by atoms with Crippen LogP contribution in [0.5, 0.6) is 0 Å². The maximum atomic E-state index is 12.5. The van der Waals surface area contributed by atoms with Gasteiger partial charge in [-0.2, -0.15) is 5.26 Å². The van der Waals surface area contributed by atoms with Crippen molar-refractivity contribution >= 4 is 26.4 Å². The summed E-state index contributed by atoms with van der Waals surface area (Å²) in [6.07, 6.45) is 2.84. The molecule has 0 atom stereocenters. The summed E-state index contributed by atoms with van der Waals surface area (Å²) in [6, 6.07) is 8.98. The number of thiophene rings is 1. The second kappa shape index (κ2) is 5.17. The molecule has 108 valence electrons. The van der Waals surface area contributed by atoms with Gasteiger partial charge in [-0.25, -0.2) is 8.42 Å². The summed E-state index contributed by atoms with van der Waals surface area (Å²) in [7, 11) is -3.65. The number of aryl methyl sites for hydroxylation is 2. The molecule has 2 aromatic rings. The van der Waals surface area contributed by atoms with E-state index < -0.39 is 10.0 Å². The van der Waals surface area contributed by atoms with Crippen molar-refractivity contribution in [1.29, 1.82) is 5.26 Å². The third kappa shape index (κ3) is 2.43. The highest BCUT2D eigenvalue weighted by Crippen LogP contribution is 2.39. The topological polar surface area (TPSA) is 70.0 Å². The maximum Gasteiger partial charge on any atom is 0.262 e. The number of hydrogen-bond donors (Lipinski definition) is 1. The minimum Gasteiger partial charge on any atom is -0.269 e. The van der Waals surface area contributed by atoms with Gasteiger partial charge in [-0.05, 0) is 43.4 Å². The van der Waals surface area contributed by atoms with Crippen molar-refractivity contribution in [3.8, 4) is 6.07 Å². The van der Waals surface area contributed by atoms with Gasteiger partial charge in [-0.1, -0.05) is 18.2 Å². The second-order valence-electron chi connectivity index (χ2n) is 5.04. The zero-order valence-corrected chi connectivity index (χ0v) is 13.1. The Bertz CT molecular complexity index is 845. The average Bonchev–Trinajstić information content (AvgIpc) is 2.98. The normalized spacial score (nSPS) is 13.7. The molecular formula is C15H14N2O2S2. The number of benzene rings is 1. The molecule has 0 amide bonds. The van der Waals surface area contributed by atoms with Crippen molar-refractivity contribution in [2.24, 2.45) is 0 Å². The largest absolute Gasteiger partial charge is 0.269 e. The van der Waals surface area contributed by atoms with Crippen LogP contribution >= 0.6 is 11.3 Å². The summed E-state index contributed by atoms with van der Waals surface area (Å²) in [6.45, 7) is 1.76. The molecule has 1 aliphatic carbocycles. The lowest BCUT2D eigenvalue weighted by atomic mass is 10.1. The summed E-state index contributed by atoms with van der Waals surface area (Å²) in [5.74, 6) is 0. The fraction of sp³-hybridized carbons (Fsp3) is 0.267. The first-order valence-corrected chi connectivity index (χ1v) is 8.96. The standard InChI is InChI=1S/C15H14N2O2S2/c1-10-5-2-3-8-14(10)21(18,19)17-15-12(9-16)11-6-4-7-13(11)20-15/h2-3,5,8,17H,4,6-7H2,1H3. The van der Waals surface area contributed by atoms with Gasteiger partial charge in [0.1, 0.15) is 11.1 Å². The van der Waals surface area contributed by atoms with Crippen molar-refractivity contribution < 1.29 is 8.42 Å². The quantitative estimate of drug-likeness (QED) is 0.944. The van der Waals surface area contributed by atoms with Crippen LogP contribution in [0.25, 0.3) is 0 Å². The molecule has 6 heteroatoms. The van der Waals surface area contributed by atoms with E-state index in [4.69, 9.17) is 0 Å². The number of nitrogens with one attached hydrogen (secondary N) is 1. The Morgan fingerprint density at radius 3 is 2.76 bits per heavy atom. The molecule has 1 heterocycles. The van der Waals surface area contributed by atoms with Gasteiger partial charge in [0.25, 0.3) is 10.0 Å². The summed E-state index contributed by atoms with van der Waals surface area (Å²) < 4.78 is 27.6. The van der Waals surface area contributed by atoms with Gasteiger partial charge in [-0.3, -0.25) is 4.72 Å². The molecule has 0 spiro atoms. The molecule has 0 saturated heterocycles. The number of anilines is 1. The van der Waals surface area contributed by atoms with Crippen LogP contribution in [0.1, 0.15) is 28.0 Å². The lowest BCUT2D eigenvalue weighted by Crippen LogP contribution is -2.14. The third-order valence-electron chi connectivity index (χ3n) is 3.64. The Balaban J connectivity index is 2.02. The summed E-state index contributed by atoms with van der Waals surface area (Å²) in [5, 5.41) is 9.76. The first-order valence-electron chi connectivity index (χ1n) is 6.66. The number of hydrogen-bond acceptors (Lipinski definition) is 4. The monoisotopic (exact) mass is 318 g/mol. The van der Waals surface area contributed by atoms with Crippen LogP contribution < -0.4 is 4.72 Å². The predicted molar refractivity (Wildman–Crippen MR) is 83.0 cm³/mol. The molecule has 0 aliphatic heterocycles. The van der Waals surface area contributed by atoms with E-state index in [0.29, 0.717) is 16.1 Å². The van der Waals surface area contributed by atoms with E-state index in [1.807, 2.05) is 0 Å². The second-order valence-corrected chi connectivity index (χ2v) is 7.80. The van der Waals surface area contributed by atoms with Crippen LogP contribution in [0.4, 0.5) is 5.00 Å². The minimum atomic E-state index is -3.65. The molecule has 0 fully saturated rings. The molecule has 1 aromatic carbocycles. The van der Waals surface area contributed by atoms with E-state index in [-0.39, 0.29) is 4.90 Å². The zero-order chi connectivity index (χ0) is 15.0. The van der Waals surface area contributed by atoms with Crippen LogP contribution in [0, 0.1) is 18.3 Å². The SMILES string of the molecule is Cc1ccccc1S(=O)(=O)Nc1sc2c(c1C#N)CCC2. The van der Waals surface area contributed by atoms with E-state index >= 15 is 0 Å². The smallest absolute Gasteiger partial charge is 0.262 e. The molecule has 1 aliphatic rings. The summed E-state index contributed by atoms with van der Waals surface area (Å²) in [5.41, 5.74) is 2.20. The molecule has 1 aromatic heterocycles. The van der Waals surface area contributed by atoms with Gasteiger partial charge in [0, 0.05) is 4.88 Å². The highest BCUT2D eigenvalue weighted by Gasteiger charge is 2.25. The van der Waals surface area contributed by atoms with Crippen molar-refractivity contribution in [3.63, 3.8) is 0 Å². The van der Waals surface area contributed by atoms with E-state index in [2.05, 4.69) is 10.8 Å². The number of rotatable bonds is 3. The van der Waals surface area contributed by atoms with Crippen LogP contribution in [0.15, 0.2) is 29.2 Å². The molecule has 0 bridgehead atoms. The highest BCUT2D eigenvalue weighted by atomic mass is 32.2. The van der Waals surface area contributed by atoms with E-state index in [1.165, 1.54) is 11.3 Å². The van der Waals surface area contributed by atoms with Crippen molar-refractivity contribution in [2.75, 3.05) is 4.72 Å². The Morgan fingerprint density at radius 1 is 1.29 bits per heavy atom. The number of sulfonamides is 1. The Labute approximate surface area is 128 Å². The van der Waals surface area contributed by atoms with Crippen LogP contribution in [0.2, 0.25) is 0 Å². The molecule has 0 radical (unpaired) electrons. The molecule has 0 saturated carbocycles. The molecule has 1 N–H and O–H groups in total. The highest BCUT2D eigenvalue weighted by molar-refractivity contribution is 7.93. The van der Waals surface area contributed by atoms with Crippen LogP contribution in [-0.4, -0.2) is 8.42 Å². The Hall–Kier alpha value is -1.84. The number of nitriles is 1. The van der Waals surface area contributed by atoms with Gasteiger partial charge in [0.2, 0.25) is 0 Å². The zero-order valence-electron chi connectivity index (χ0n) is 11.5. The molecule has 4 nitrogen and oxygen atoms in total. The number of nitrogens with zero attached hydrogens (tertiary/aromatic N) is 1.